The molecule has 0 heteroatoms. The maximum absolute atomic E-state index is 3.74. The Morgan fingerprint density at radius 1 is 0.444 bits per heavy atom. The smallest absolute Gasteiger partial charge is 0.0351 e. The summed E-state index contributed by atoms with van der Waals surface area (Å²) in [4.78, 5) is 0. The van der Waals surface area contributed by atoms with Crippen molar-refractivity contribution in [3.8, 4) is 0 Å². The third-order valence-corrected chi connectivity index (χ3v) is 3.22. The molecule has 0 heterocycles. The van der Waals surface area contributed by atoms with Gasteiger partial charge >= 0.3 is 0 Å². The Labute approximate surface area is 115 Å². The van der Waals surface area contributed by atoms with E-state index in [1.807, 2.05) is 12.2 Å². The average Bonchev–Trinajstić information content (AvgIpc) is 2.39. The Bertz CT molecular complexity index is 178. The lowest BCUT2D eigenvalue weighted by Gasteiger charge is -1.98. The molecule has 0 aromatic rings. The molecule has 0 rings (SSSR count). The highest BCUT2D eigenvalue weighted by Crippen LogP contribution is 2.08. The summed E-state index contributed by atoms with van der Waals surface area (Å²) in [7, 11) is 0. The van der Waals surface area contributed by atoms with Gasteiger partial charge < -0.3 is 0 Å². The van der Waals surface area contributed by atoms with E-state index in [9.17, 15) is 0 Å². The van der Waals surface area contributed by atoms with Gasteiger partial charge in [0.2, 0.25) is 0 Å². The first-order valence-electron chi connectivity index (χ1n) is 7.78. The van der Waals surface area contributed by atoms with Crippen LogP contribution in [0.5, 0.6) is 0 Å². The quantitative estimate of drug-likeness (QED) is 0.240. The molecule has 0 saturated carbocycles. The van der Waals surface area contributed by atoms with Crippen LogP contribution in [0.2, 0.25) is 0 Å². The first-order valence-corrected chi connectivity index (χ1v) is 7.78. The summed E-state index contributed by atoms with van der Waals surface area (Å²) in [6, 6.07) is 0. The van der Waals surface area contributed by atoms with Crippen molar-refractivity contribution in [2.24, 2.45) is 0 Å². The van der Waals surface area contributed by atoms with Crippen LogP contribution in [0.15, 0.2) is 37.5 Å². The van der Waals surface area contributed by atoms with E-state index in [-0.39, 0.29) is 0 Å². The minimum Gasteiger partial charge on any atom is -0.103 e. The fraction of sp³-hybridized carbons (Fsp3) is 0.667. The van der Waals surface area contributed by atoms with Crippen molar-refractivity contribution >= 4 is 0 Å². The Kier molecular flexibility index (Phi) is 15.5. The second-order valence-corrected chi connectivity index (χ2v) is 5.03. The summed E-state index contributed by atoms with van der Waals surface area (Å²) < 4.78 is 0. The molecule has 0 aliphatic rings. The number of hydrogen-bond acceptors (Lipinski definition) is 0. The van der Waals surface area contributed by atoms with Gasteiger partial charge in [0.05, 0.1) is 0 Å². The van der Waals surface area contributed by atoms with Gasteiger partial charge in [-0.1, -0.05) is 50.0 Å². The molecule has 0 aliphatic heterocycles. The first kappa shape index (κ1) is 17.2. The highest BCUT2D eigenvalue weighted by molar-refractivity contribution is 4.81. The molecule has 0 spiro atoms. The molecule has 0 amide bonds. The van der Waals surface area contributed by atoms with Crippen molar-refractivity contribution in [2.75, 3.05) is 0 Å². The van der Waals surface area contributed by atoms with Gasteiger partial charge in [-0.3, -0.25) is 0 Å². The number of rotatable bonds is 14. The van der Waals surface area contributed by atoms with Crippen LogP contribution in [0, 0.1) is 0 Å². The van der Waals surface area contributed by atoms with Gasteiger partial charge in [-0.05, 0) is 51.4 Å². The van der Waals surface area contributed by atoms with Crippen LogP contribution < -0.4 is 0 Å². The molecular weight excluding hydrogens is 216 g/mol. The van der Waals surface area contributed by atoms with Crippen LogP contribution in [-0.2, 0) is 0 Å². The third kappa shape index (κ3) is 15.2. The Morgan fingerprint density at radius 2 is 0.778 bits per heavy atom. The predicted molar refractivity (Wildman–Crippen MR) is 84.9 cm³/mol. The summed E-state index contributed by atoms with van der Waals surface area (Å²) in [5.41, 5.74) is 0. The van der Waals surface area contributed by atoms with Crippen molar-refractivity contribution in [3.63, 3.8) is 0 Å². The minimum atomic E-state index is 1.18. The molecule has 0 radical (unpaired) electrons. The Morgan fingerprint density at radius 3 is 1.11 bits per heavy atom. The SMILES string of the molecule is C=CCCCCCCC=CCCCCCCC=C. The van der Waals surface area contributed by atoms with E-state index in [1.54, 1.807) is 0 Å². The highest BCUT2D eigenvalue weighted by atomic mass is 13.9. The molecule has 104 valence electrons. The second kappa shape index (κ2) is 16.2. The van der Waals surface area contributed by atoms with Crippen molar-refractivity contribution in [2.45, 2.75) is 77.0 Å². The fourth-order valence-electron chi connectivity index (χ4n) is 2.04. The summed E-state index contributed by atoms with van der Waals surface area (Å²) in [6.45, 7) is 7.49. The summed E-state index contributed by atoms with van der Waals surface area (Å²) >= 11 is 0. The zero-order valence-corrected chi connectivity index (χ0v) is 12.2. The summed E-state index contributed by atoms with van der Waals surface area (Å²) in [5.74, 6) is 0. The van der Waals surface area contributed by atoms with E-state index in [1.165, 1.54) is 77.0 Å². The van der Waals surface area contributed by atoms with Gasteiger partial charge in [0.25, 0.3) is 0 Å². The highest BCUT2D eigenvalue weighted by Gasteiger charge is 1.88. The van der Waals surface area contributed by atoms with E-state index in [0.29, 0.717) is 0 Å². The van der Waals surface area contributed by atoms with E-state index < -0.39 is 0 Å². The van der Waals surface area contributed by atoms with Gasteiger partial charge in [0.15, 0.2) is 0 Å². The van der Waals surface area contributed by atoms with E-state index in [0.717, 1.165) is 0 Å². The molecular formula is C18H32. The molecule has 0 saturated heterocycles. The van der Waals surface area contributed by atoms with Crippen LogP contribution in [0.1, 0.15) is 77.0 Å². The van der Waals surface area contributed by atoms with Crippen LogP contribution in [0.4, 0.5) is 0 Å². The van der Waals surface area contributed by atoms with Gasteiger partial charge in [-0.15, -0.1) is 13.2 Å². The normalized spacial score (nSPS) is 10.9. The van der Waals surface area contributed by atoms with Crippen LogP contribution >= 0.6 is 0 Å². The van der Waals surface area contributed by atoms with Gasteiger partial charge in [0, 0.05) is 0 Å². The lowest BCUT2D eigenvalue weighted by atomic mass is 10.1. The van der Waals surface area contributed by atoms with Gasteiger partial charge in [-0.25, -0.2) is 0 Å². The monoisotopic (exact) mass is 248 g/mol. The summed E-state index contributed by atoms with van der Waals surface area (Å²) in [6.07, 6.45) is 24.5. The number of hydrogen-bond donors (Lipinski definition) is 0. The van der Waals surface area contributed by atoms with Crippen molar-refractivity contribution in [3.05, 3.63) is 37.5 Å². The third-order valence-electron chi connectivity index (χ3n) is 3.22. The minimum absolute atomic E-state index is 1.18. The van der Waals surface area contributed by atoms with Crippen LogP contribution in [0.25, 0.3) is 0 Å². The van der Waals surface area contributed by atoms with E-state index in [2.05, 4.69) is 25.3 Å². The van der Waals surface area contributed by atoms with Crippen molar-refractivity contribution < 1.29 is 0 Å². The molecule has 0 fully saturated rings. The molecule has 0 aliphatic carbocycles. The fourth-order valence-corrected chi connectivity index (χ4v) is 2.04. The second-order valence-electron chi connectivity index (χ2n) is 5.03. The maximum atomic E-state index is 3.74. The molecule has 0 bridgehead atoms. The molecule has 0 aromatic carbocycles. The topological polar surface area (TPSA) is 0 Å². The Hall–Kier alpha value is -0.780. The maximum Gasteiger partial charge on any atom is -0.0351 e. The Balaban J connectivity index is 3.04. The molecule has 18 heavy (non-hydrogen) atoms. The van der Waals surface area contributed by atoms with Gasteiger partial charge in [-0.2, -0.15) is 0 Å². The lowest BCUT2D eigenvalue weighted by molar-refractivity contribution is 0.645. The van der Waals surface area contributed by atoms with Gasteiger partial charge in [0.1, 0.15) is 0 Å². The van der Waals surface area contributed by atoms with E-state index in [4.69, 9.17) is 0 Å². The summed E-state index contributed by atoms with van der Waals surface area (Å²) in [5, 5.41) is 0. The van der Waals surface area contributed by atoms with Crippen molar-refractivity contribution in [1.29, 1.82) is 0 Å². The van der Waals surface area contributed by atoms with Crippen LogP contribution in [0.3, 0.4) is 0 Å². The lowest BCUT2D eigenvalue weighted by Crippen LogP contribution is -1.78. The average molecular weight is 248 g/mol. The number of allylic oxidation sites excluding steroid dienone is 4. The molecule has 0 atom stereocenters. The molecule has 0 nitrogen and oxygen atoms in total. The van der Waals surface area contributed by atoms with Crippen molar-refractivity contribution in [1.82, 2.24) is 0 Å². The standard InChI is InChI=1S/C18H32/c1-3-5-7-9-11-13-15-17-18-16-14-12-10-8-6-4-2/h3-4,17-18H,1-2,5-16H2. The number of unbranched alkanes of at least 4 members (excludes halogenated alkanes) is 10. The largest absolute Gasteiger partial charge is 0.103 e. The molecule has 0 N–H and O–H groups in total. The molecule has 0 unspecified atom stereocenters. The van der Waals surface area contributed by atoms with E-state index >= 15 is 0 Å². The first-order chi connectivity index (χ1) is 8.91. The zero-order valence-electron chi connectivity index (χ0n) is 12.2. The zero-order chi connectivity index (χ0) is 13.3. The molecule has 0 aromatic heterocycles. The predicted octanol–water partition coefficient (Wildman–Crippen LogP) is 6.60. The van der Waals surface area contributed by atoms with Crippen LogP contribution in [-0.4, -0.2) is 0 Å².